The lowest BCUT2D eigenvalue weighted by atomic mass is 9.88. The van der Waals surface area contributed by atoms with Crippen molar-refractivity contribution in [1.82, 2.24) is 4.90 Å². The summed E-state index contributed by atoms with van der Waals surface area (Å²) in [5, 5.41) is 14.5. The average molecular weight is 363 g/mol. The van der Waals surface area contributed by atoms with Crippen molar-refractivity contribution in [1.29, 1.82) is 0 Å². The van der Waals surface area contributed by atoms with Gasteiger partial charge >= 0.3 is 0 Å². The van der Waals surface area contributed by atoms with Gasteiger partial charge in [0.05, 0.1) is 4.92 Å². The monoisotopic (exact) mass is 363 g/mol. The summed E-state index contributed by atoms with van der Waals surface area (Å²) in [5.41, 5.74) is 1.31. The van der Waals surface area contributed by atoms with Gasteiger partial charge in [-0.3, -0.25) is 14.9 Å². The third-order valence-corrected chi connectivity index (χ3v) is 4.85. The van der Waals surface area contributed by atoms with E-state index in [4.69, 9.17) is 4.74 Å². The van der Waals surface area contributed by atoms with E-state index in [1.165, 1.54) is 6.42 Å². The molecule has 0 aliphatic heterocycles. The largest absolute Gasteiger partial charge is 0.385 e. The smallest absolute Gasteiger partial charge is 0.292 e. The number of carbonyl (C=O) groups excluding carboxylic acids is 1. The van der Waals surface area contributed by atoms with Crippen molar-refractivity contribution < 1.29 is 14.5 Å². The van der Waals surface area contributed by atoms with Gasteiger partial charge in [0, 0.05) is 45.8 Å². The van der Waals surface area contributed by atoms with Crippen LogP contribution in [0.1, 0.15) is 44.1 Å². The number of ether oxygens (including phenoxy) is 1. The molecule has 0 unspecified atom stereocenters. The number of amides is 1. The van der Waals surface area contributed by atoms with E-state index in [1.807, 2.05) is 6.07 Å². The summed E-state index contributed by atoms with van der Waals surface area (Å²) in [7, 11) is 3.40. The SMILES string of the molecule is COCCCNc1ccc(CN(C)C(=O)C2CCCCC2)cc1[N+](=O)[O-]. The average Bonchev–Trinajstić information content (AvgIpc) is 2.66. The molecular formula is C19H29N3O4. The van der Waals surface area contributed by atoms with Crippen LogP contribution in [0.25, 0.3) is 0 Å². The number of nitrogens with one attached hydrogen (secondary N) is 1. The van der Waals surface area contributed by atoms with Crippen molar-refractivity contribution in [2.75, 3.05) is 32.6 Å². The Morgan fingerprint density at radius 2 is 2.08 bits per heavy atom. The summed E-state index contributed by atoms with van der Waals surface area (Å²) in [5.74, 6) is 0.250. The van der Waals surface area contributed by atoms with Gasteiger partial charge in [0.15, 0.2) is 0 Å². The predicted octanol–water partition coefficient (Wildman–Crippen LogP) is 3.58. The number of benzene rings is 1. The van der Waals surface area contributed by atoms with E-state index in [1.54, 1.807) is 31.2 Å². The highest BCUT2D eigenvalue weighted by molar-refractivity contribution is 5.78. The lowest BCUT2D eigenvalue weighted by molar-refractivity contribution is -0.384. The molecule has 0 bridgehead atoms. The van der Waals surface area contributed by atoms with Crippen LogP contribution in [0.4, 0.5) is 11.4 Å². The lowest BCUT2D eigenvalue weighted by Gasteiger charge is -2.26. The number of nitrogens with zero attached hydrogens (tertiary/aromatic N) is 2. The van der Waals surface area contributed by atoms with Crippen LogP contribution >= 0.6 is 0 Å². The van der Waals surface area contributed by atoms with Crippen molar-refractivity contribution in [2.24, 2.45) is 5.92 Å². The Morgan fingerprint density at radius 1 is 1.35 bits per heavy atom. The molecule has 1 aromatic rings. The van der Waals surface area contributed by atoms with Crippen molar-refractivity contribution in [3.63, 3.8) is 0 Å². The number of carbonyl (C=O) groups is 1. The van der Waals surface area contributed by atoms with Gasteiger partial charge in [-0.25, -0.2) is 0 Å². The van der Waals surface area contributed by atoms with E-state index in [9.17, 15) is 14.9 Å². The number of rotatable bonds is 9. The zero-order chi connectivity index (χ0) is 18.9. The molecule has 1 saturated carbocycles. The van der Waals surface area contributed by atoms with Crippen LogP contribution in [0.15, 0.2) is 18.2 Å². The molecule has 0 spiro atoms. The summed E-state index contributed by atoms with van der Waals surface area (Å²) in [6, 6.07) is 5.12. The Bertz CT molecular complexity index is 615. The zero-order valence-electron chi connectivity index (χ0n) is 15.7. The quantitative estimate of drug-likeness (QED) is 0.412. The zero-order valence-corrected chi connectivity index (χ0v) is 15.7. The molecule has 2 rings (SSSR count). The van der Waals surface area contributed by atoms with Gasteiger partial charge < -0.3 is 15.0 Å². The highest BCUT2D eigenvalue weighted by Gasteiger charge is 2.24. The molecule has 0 aromatic heterocycles. The summed E-state index contributed by atoms with van der Waals surface area (Å²) >= 11 is 0. The second-order valence-corrected chi connectivity index (χ2v) is 6.91. The Balaban J connectivity index is 2.01. The van der Waals surface area contributed by atoms with Gasteiger partial charge in [-0.05, 0) is 30.9 Å². The molecule has 1 aromatic carbocycles. The van der Waals surface area contributed by atoms with Crippen molar-refractivity contribution in [2.45, 2.75) is 45.1 Å². The Kier molecular flexibility index (Phi) is 7.84. The van der Waals surface area contributed by atoms with E-state index in [0.717, 1.165) is 37.7 Å². The molecule has 0 atom stereocenters. The number of anilines is 1. The maximum absolute atomic E-state index is 12.6. The first-order valence-corrected chi connectivity index (χ1v) is 9.28. The fourth-order valence-electron chi connectivity index (χ4n) is 3.43. The second kappa shape index (κ2) is 10.1. The van der Waals surface area contributed by atoms with Gasteiger partial charge in [0.25, 0.3) is 5.69 Å². The number of nitro groups is 1. The first kappa shape index (κ1) is 20.2. The van der Waals surface area contributed by atoms with Gasteiger partial charge in [-0.15, -0.1) is 0 Å². The third kappa shape index (κ3) is 5.69. The molecule has 1 amide bonds. The van der Waals surface area contributed by atoms with Crippen molar-refractivity contribution in [3.05, 3.63) is 33.9 Å². The van der Waals surface area contributed by atoms with Crippen LogP contribution in [-0.2, 0) is 16.1 Å². The van der Waals surface area contributed by atoms with Crippen molar-refractivity contribution in [3.8, 4) is 0 Å². The maximum atomic E-state index is 12.6. The molecule has 7 heteroatoms. The summed E-state index contributed by atoms with van der Waals surface area (Å²) in [6.07, 6.45) is 6.10. The molecule has 1 N–H and O–H groups in total. The van der Waals surface area contributed by atoms with E-state index in [2.05, 4.69) is 5.32 Å². The van der Waals surface area contributed by atoms with Gasteiger partial charge in [-0.1, -0.05) is 25.3 Å². The molecule has 0 saturated heterocycles. The third-order valence-electron chi connectivity index (χ3n) is 4.85. The van der Waals surface area contributed by atoms with Gasteiger partial charge in [0.2, 0.25) is 5.91 Å². The number of hydrogen-bond donors (Lipinski definition) is 1. The number of nitro benzene ring substituents is 1. The van der Waals surface area contributed by atoms with Crippen LogP contribution in [0, 0.1) is 16.0 Å². The lowest BCUT2D eigenvalue weighted by Crippen LogP contribution is -2.33. The van der Waals surface area contributed by atoms with E-state index >= 15 is 0 Å². The fourth-order valence-corrected chi connectivity index (χ4v) is 3.43. The molecule has 26 heavy (non-hydrogen) atoms. The molecule has 0 radical (unpaired) electrons. The maximum Gasteiger partial charge on any atom is 0.292 e. The second-order valence-electron chi connectivity index (χ2n) is 6.91. The Labute approximate surface area is 154 Å². The minimum absolute atomic E-state index is 0.0402. The first-order chi connectivity index (χ1) is 12.5. The minimum atomic E-state index is -0.384. The summed E-state index contributed by atoms with van der Waals surface area (Å²) < 4.78 is 4.98. The molecule has 1 aliphatic rings. The normalized spacial score (nSPS) is 14.8. The Morgan fingerprint density at radius 3 is 2.73 bits per heavy atom. The summed E-state index contributed by atoms with van der Waals surface area (Å²) in [6.45, 7) is 1.60. The first-order valence-electron chi connectivity index (χ1n) is 9.28. The highest BCUT2D eigenvalue weighted by atomic mass is 16.6. The fraction of sp³-hybridized carbons (Fsp3) is 0.632. The van der Waals surface area contributed by atoms with Crippen LogP contribution in [0.2, 0.25) is 0 Å². The van der Waals surface area contributed by atoms with Crippen LogP contribution < -0.4 is 5.32 Å². The van der Waals surface area contributed by atoms with Crippen LogP contribution in [0.3, 0.4) is 0 Å². The van der Waals surface area contributed by atoms with E-state index in [0.29, 0.717) is 25.4 Å². The number of hydrogen-bond acceptors (Lipinski definition) is 5. The van der Waals surface area contributed by atoms with Crippen LogP contribution in [0.5, 0.6) is 0 Å². The standard InChI is InChI=1S/C19H29N3O4/c1-21(19(23)16-7-4-3-5-8-16)14-15-9-10-17(18(13-15)22(24)25)20-11-6-12-26-2/h9-10,13,16,20H,3-8,11-12,14H2,1-2H3. The summed E-state index contributed by atoms with van der Waals surface area (Å²) in [4.78, 5) is 25.3. The molecule has 1 aliphatic carbocycles. The molecule has 0 heterocycles. The van der Waals surface area contributed by atoms with E-state index in [-0.39, 0.29) is 22.4 Å². The van der Waals surface area contributed by atoms with Crippen molar-refractivity contribution >= 4 is 17.3 Å². The predicted molar refractivity (Wildman–Crippen MR) is 101 cm³/mol. The van der Waals surface area contributed by atoms with Gasteiger partial charge in [-0.2, -0.15) is 0 Å². The van der Waals surface area contributed by atoms with Crippen LogP contribution in [-0.4, -0.2) is 43.0 Å². The number of methoxy groups -OCH3 is 1. The molecule has 1 fully saturated rings. The molecular weight excluding hydrogens is 334 g/mol. The van der Waals surface area contributed by atoms with Gasteiger partial charge in [0.1, 0.15) is 5.69 Å². The molecule has 7 nitrogen and oxygen atoms in total. The topological polar surface area (TPSA) is 84.7 Å². The Hall–Kier alpha value is -2.15. The highest BCUT2D eigenvalue weighted by Crippen LogP contribution is 2.28. The van der Waals surface area contributed by atoms with E-state index < -0.39 is 0 Å². The molecule has 144 valence electrons. The minimum Gasteiger partial charge on any atom is -0.385 e.